The number of rotatable bonds is 2. The highest BCUT2D eigenvalue weighted by molar-refractivity contribution is 9.10. The first-order chi connectivity index (χ1) is 8.69. The fourth-order valence-corrected chi connectivity index (χ4v) is 3.85. The molecule has 2 bridgehead atoms. The van der Waals surface area contributed by atoms with Crippen LogP contribution < -0.4 is 10.2 Å². The third-order valence-electron chi connectivity index (χ3n) is 4.34. The molecule has 2 heterocycles. The Morgan fingerprint density at radius 2 is 1.94 bits per heavy atom. The van der Waals surface area contributed by atoms with Crippen molar-refractivity contribution >= 4 is 21.6 Å². The van der Waals surface area contributed by atoms with Crippen LogP contribution in [0.3, 0.4) is 0 Å². The number of piperidine rings is 1. The van der Waals surface area contributed by atoms with E-state index in [1.807, 2.05) is 19.2 Å². The summed E-state index contributed by atoms with van der Waals surface area (Å²) in [5.74, 6) is -0.184. The summed E-state index contributed by atoms with van der Waals surface area (Å²) in [5.41, 5.74) is 1.16. The van der Waals surface area contributed by atoms with Gasteiger partial charge < -0.3 is 10.2 Å². The van der Waals surface area contributed by atoms with Crippen molar-refractivity contribution in [2.24, 2.45) is 0 Å². The smallest absolute Gasteiger partial charge is 0.137 e. The van der Waals surface area contributed by atoms with E-state index in [1.54, 1.807) is 6.07 Å². The van der Waals surface area contributed by atoms with Gasteiger partial charge in [0.05, 0.1) is 4.47 Å². The molecule has 0 aromatic heterocycles. The minimum atomic E-state index is -0.184. The van der Waals surface area contributed by atoms with Crippen LogP contribution in [0, 0.1) is 5.82 Å². The maximum absolute atomic E-state index is 13.3. The Bertz CT molecular complexity index is 437. The van der Waals surface area contributed by atoms with E-state index in [0.717, 1.165) is 5.69 Å². The molecule has 3 rings (SSSR count). The number of nitrogens with one attached hydrogen (secondary N) is 1. The quantitative estimate of drug-likeness (QED) is 0.901. The standard InChI is InChI=1S/C14H18BrFN2/c1-17-9-6-10-2-3-11(7-9)18(10)12-4-5-14(16)13(15)8-12/h4-5,8-11,17H,2-3,6-7H2,1H3. The zero-order chi connectivity index (χ0) is 12.7. The molecule has 2 aliphatic heterocycles. The van der Waals surface area contributed by atoms with Crippen molar-refractivity contribution in [3.63, 3.8) is 0 Å². The first-order valence-electron chi connectivity index (χ1n) is 6.59. The van der Waals surface area contributed by atoms with Crippen molar-refractivity contribution in [1.29, 1.82) is 0 Å². The summed E-state index contributed by atoms with van der Waals surface area (Å²) in [7, 11) is 2.05. The van der Waals surface area contributed by atoms with E-state index in [0.29, 0.717) is 22.6 Å². The topological polar surface area (TPSA) is 15.3 Å². The van der Waals surface area contributed by atoms with Crippen LogP contribution in [0.15, 0.2) is 22.7 Å². The third kappa shape index (κ3) is 2.05. The Kier molecular flexibility index (Phi) is 3.32. The maximum atomic E-state index is 13.3. The van der Waals surface area contributed by atoms with E-state index in [9.17, 15) is 4.39 Å². The Balaban J connectivity index is 1.87. The Labute approximate surface area is 116 Å². The Morgan fingerprint density at radius 1 is 1.28 bits per heavy atom. The molecule has 1 aromatic rings. The highest BCUT2D eigenvalue weighted by Gasteiger charge is 2.40. The lowest BCUT2D eigenvalue weighted by atomic mass is 9.97. The molecular formula is C14H18BrFN2. The molecule has 2 aliphatic rings. The fraction of sp³-hybridized carbons (Fsp3) is 0.571. The lowest BCUT2D eigenvalue weighted by Crippen LogP contribution is -2.48. The van der Waals surface area contributed by atoms with E-state index >= 15 is 0 Å². The predicted octanol–water partition coefficient (Wildman–Crippen LogP) is 3.31. The molecule has 2 nitrogen and oxygen atoms in total. The van der Waals surface area contributed by atoms with Crippen LogP contribution in [0.2, 0.25) is 0 Å². The summed E-state index contributed by atoms with van der Waals surface area (Å²) in [4.78, 5) is 2.50. The number of halogens is 2. The predicted molar refractivity (Wildman–Crippen MR) is 75.5 cm³/mol. The number of hydrogen-bond acceptors (Lipinski definition) is 2. The molecule has 4 heteroatoms. The SMILES string of the molecule is CNC1CC2CCC(C1)N2c1ccc(F)c(Br)c1. The lowest BCUT2D eigenvalue weighted by Gasteiger charge is -2.40. The van der Waals surface area contributed by atoms with Gasteiger partial charge in [-0.25, -0.2) is 4.39 Å². The fourth-order valence-electron chi connectivity index (χ4n) is 3.48. The van der Waals surface area contributed by atoms with Crippen LogP contribution in [0.1, 0.15) is 25.7 Å². The van der Waals surface area contributed by atoms with Crippen molar-refractivity contribution in [1.82, 2.24) is 5.32 Å². The molecule has 1 N–H and O–H groups in total. The number of fused-ring (bicyclic) bond motifs is 2. The molecule has 2 saturated heterocycles. The lowest BCUT2D eigenvalue weighted by molar-refractivity contribution is 0.373. The molecule has 2 unspecified atom stereocenters. The van der Waals surface area contributed by atoms with Gasteiger partial charge in [-0.05, 0) is 66.9 Å². The summed E-state index contributed by atoms with van der Waals surface area (Å²) in [6.45, 7) is 0. The van der Waals surface area contributed by atoms with Gasteiger partial charge in [-0.2, -0.15) is 0 Å². The molecule has 0 saturated carbocycles. The van der Waals surface area contributed by atoms with Crippen molar-refractivity contribution in [2.45, 2.75) is 43.8 Å². The molecule has 2 atom stereocenters. The number of anilines is 1. The first kappa shape index (κ1) is 12.4. The summed E-state index contributed by atoms with van der Waals surface area (Å²) < 4.78 is 13.9. The van der Waals surface area contributed by atoms with Gasteiger partial charge in [0.2, 0.25) is 0 Å². The second-order valence-corrected chi connectivity index (χ2v) is 6.20. The highest BCUT2D eigenvalue weighted by atomic mass is 79.9. The van der Waals surface area contributed by atoms with Crippen LogP contribution in [-0.4, -0.2) is 25.2 Å². The summed E-state index contributed by atoms with van der Waals surface area (Å²) >= 11 is 3.28. The molecule has 98 valence electrons. The average Bonchev–Trinajstić information content (AvgIpc) is 2.64. The van der Waals surface area contributed by atoms with Gasteiger partial charge >= 0.3 is 0 Å². The van der Waals surface area contributed by atoms with Crippen LogP contribution >= 0.6 is 15.9 Å². The third-order valence-corrected chi connectivity index (χ3v) is 4.95. The van der Waals surface area contributed by atoms with Gasteiger partial charge in [0.15, 0.2) is 0 Å². The van der Waals surface area contributed by atoms with Gasteiger partial charge in [0, 0.05) is 23.8 Å². The zero-order valence-electron chi connectivity index (χ0n) is 10.5. The largest absolute Gasteiger partial charge is 0.365 e. The van der Waals surface area contributed by atoms with Gasteiger partial charge in [-0.3, -0.25) is 0 Å². The second-order valence-electron chi connectivity index (χ2n) is 5.35. The molecule has 1 aromatic carbocycles. The Morgan fingerprint density at radius 3 is 2.50 bits per heavy atom. The molecule has 18 heavy (non-hydrogen) atoms. The van der Waals surface area contributed by atoms with Gasteiger partial charge in [0.1, 0.15) is 5.82 Å². The van der Waals surface area contributed by atoms with Crippen molar-refractivity contribution < 1.29 is 4.39 Å². The van der Waals surface area contributed by atoms with Crippen LogP contribution in [-0.2, 0) is 0 Å². The summed E-state index contributed by atoms with van der Waals surface area (Å²) in [5, 5.41) is 3.40. The molecule has 2 fully saturated rings. The molecule has 0 radical (unpaired) electrons. The highest BCUT2D eigenvalue weighted by Crippen LogP contribution is 2.40. The van der Waals surface area contributed by atoms with Crippen molar-refractivity contribution in [3.8, 4) is 0 Å². The second kappa shape index (κ2) is 4.82. The van der Waals surface area contributed by atoms with Crippen LogP contribution in [0.5, 0.6) is 0 Å². The van der Waals surface area contributed by atoms with Crippen LogP contribution in [0.4, 0.5) is 10.1 Å². The van der Waals surface area contributed by atoms with E-state index < -0.39 is 0 Å². The monoisotopic (exact) mass is 312 g/mol. The van der Waals surface area contributed by atoms with E-state index in [-0.39, 0.29) is 5.82 Å². The van der Waals surface area contributed by atoms with Crippen LogP contribution in [0.25, 0.3) is 0 Å². The van der Waals surface area contributed by atoms with Crippen molar-refractivity contribution in [2.75, 3.05) is 11.9 Å². The minimum Gasteiger partial charge on any atom is -0.365 e. The van der Waals surface area contributed by atoms with Gasteiger partial charge in [0.25, 0.3) is 0 Å². The number of benzene rings is 1. The van der Waals surface area contributed by atoms with Gasteiger partial charge in [-0.1, -0.05) is 0 Å². The first-order valence-corrected chi connectivity index (χ1v) is 7.39. The van der Waals surface area contributed by atoms with Gasteiger partial charge in [-0.15, -0.1) is 0 Å². The minimum absolute atomic E-state index is 0.184. The molecular weight excluding hydrogens is 295 g/mol. The van der Waals surface area contributed by atoms with E-state index in [2.05, 4.69) is 26.1 Å². The van der Waals surface area contributed by atoms with Crippen molar-refractivity contribution in [3.05, 3.63) is 28.5 Å². The molecule has 0 amide bonds. The van der Waals surface area contributed by atoms with E-state index in [4.69, 9.17) is 0 Å². The maximum Gasteiger partial charge on any atom is 0.137 e. The average molecular weight is 313 g/mol. The van der Waals surface area contributed by atoms with E-state index in [1.165, 1.54) is 25.7 Å². The normalized spacial score (nSPS) is 30.8. The Hall–Kier alpha value is -0.610. The summed E-state index contributed by atoms with van der Waals surface area (Å²) in [6.07, 6.45) is 4.92. The molecule has 0 aliphatic carbocycles. The summed E-state index contributed by atoms with van der Waals surface area (Å²) in [6, 6.07) is 7.24. The molecule has 0 spiro atoms. The zero-order valence-corrected chi connectivity index (χ0v) is 12.1. The number of nitrogens with zero attached hydrogens (tertiary/aromatic N) is 1. The number of hydrogen-bond donors (Lipinski definition) is 1.